The molecule has 176 valence electrons. The molecule has 0 saturated heterocycles. The molecule has 0 radical (unpaired) electrons. The van der Waals surface area contributed by atoms with E-state index in [4.69, 9.17) is 9.84 Å². The number of fused-ring (bicyclic) bond motifs is 1. The maximum Gasteiger partial charge on any atom is 0.328 e. The highest BCUT2D eigenvalue weighted by Crippen LogP contribution is 2.46. The second-order valence-electron chi connectivity index (χ2n) is 9.06. The van der Waals surface area contributed by atoms with E-state index in [-0.39, 0.29) is 0 Å². The number of nitrogens with zero attached hydrogens (tertiary/aromatic N) is 1. The van der Waals surface area contributed by atoms with E-state index in [1.165, 1.54) is 34.8 Å². The highest BCUT2D eigenvalue weighted by Gasteiger charge is 2.28. The van der Waals surface area contributed by atoms with E-state index in [2.05, 4.69) is 59.6 Å². The van der Waals surface area contributed by atoms with Gasteiger partial charge in [-0.3, -0.25) is 5.10 Å². The Morgan fingerprint density at radius 1 is 1.06 bits per heavy atom. The molecular formula is C30H28N2O3. The van der Waals surface area contributed by atoms with E-state index in [1.54, 1.807) is 13.2 Å². The van der Waals surface area contributed by atoms with Crippen molar-refractivity contribution in [2.24, 2.45) is 5.92 Å². The number of rotatable bonds is 7. The average molecular weight is 465 g/mol. The number of carboxylic acid groups (broad SMARTS) is 1. The number of aliphatic carboxylic acids is 1. The summed E-state index contributed by atoms with van der Waals surface area (Å²) in [5.74, 6) is 0.379. The third-order valence-electron chi connectivity index (χ3n) is 6.85. The van der Waals surface area contributed by atoms with Crippen LogP contribution in [0.25, 0.3) is 28.1 Å². The first-order valence-corrected chi connectivity index (χ1v) is 11.9. The van der Waals surface area contributed by atoms with Gasteiger partial charge in [0.2, 0.25) is 0 Å². The highest BCUT2D eigenvalue weighted by molar-refractivity contribution is 6.02. The molecule has 1 aromatic heterocycles. The fourth-order valence-corrected chi connectivity index (χ4v) is 4.83. The number of aryl methyl sites for hydroxylation is 1. The molecule has 0 amide bonds. The minimum Gasteiger partial charge on any atom is -0.497 e. The molecule has 0 spiro atoms. The number of aromatic amines is 1. The van der Waals surface area contributed by atoms with Crippen LogP contribution in [0, 0.1) is 12.8 Å². The summed E-state index contributed by atoms with van der Waals surface area (Å²) >= 11 is 0. The van der Waals surface area contributed by atoms with Gasteiger partial charge in [-0.05, 0) is 95.0 Å². The Morgan fingerprint density at radius 3 is 2.49 bits per heavy atom. The van der Waals surface area contributed by atoms with Crippen molar-refractivity contribution in [2.75, 3.05) is 7.11 Å². The van der Waals surface area contributed by atoms with E-state index in [0.717, 1.165) is 46.2 Å². The number of hydrogen-bond acceptors (Lipinski definition) is 3. The number of aromatic nitrogens is 2. The molecule has 4 aromatic rings. The predicted octanol–water partition coefficient (Wildman–Crippen LogP) is 6.74. The largest absolute Gasteiger partial charge is 0.497 e. The number of benzene rings is 3. The summed E-state index contributed by atoms with van der Waals surface area (Å²) in [5.41, 5.74) is 9.11. The molecule has 0 atom stereocenters. The van der Waals surface area contributed by atoms with Gasteiger partial charge in [-0.2, -0.15) is 5.10 Å². The average Bonchev–Trinajstić information content (AvgIpc) is 3.30. The summed E-state index contributed by atoms with van der Waals surface area (Å²) in [5, 5.41) is 17.3. The monoisotopic (exact) mass is 464 g/mol. The topological polar surface area (TPSA) is 75.2 Å². The van der Waals surface area contributed by atoms with E-state index in [9.17, 15) is 4.79 Å². The van der Waals surface area contributed by atoms with Crippen LogP contribution in [-0.2, 0) is 4.79 Å². The van der Waals surface area contributed by atoms with Crippen molar-refractivity contribution < 1.29 is 14.6 Å². The molecular weight excluding hydrogens is 436 g/mol. The maximum atomic E-state index is 10.9. The van der Waals surface area contributed by atoms with Crippen LogP contribution in [0.2, 0.25) is 0 Å². The van der Waals surface area contributed by atoms with E-state index >= 15 is 0 Å². The van der Waals surface area contributed by atoms with Crippen LogP contribution >= 0.6 is 0 Å². The van der Waals surface area contributed by atoms with Crippen LogP contribution in [-0.4, -0.2) is 28.4 Å². The lowest BCUT2D eigenvalue weighted by Gasteiger charge is -2.32. The maximum absolute atomic E-state index is 10.9. The Labute approximate surface area is 204 Å². The van der Waals surface area contributed by atoms with Gasteiger partial charge in [0.25, 0.3) is 0 Å². The van der Waals surface area contributed by atoms with Gasteiger partial charge < -0.3 is 9.84 Å². The molecule has 1 fully saturated rings. The first-order chi connectivity index (χ1) is 17.0. The van der Waals surface area contributed by atoms with Gasteiger partial charge in [-0.15, -0.1) is 0 Å². The minimum atomic E-state index is -0.953. The minimum absolute atomic E-state index is 0.476. The quantitative estimate of drug-likeness (QED) is 0.235. The molecule has 3 aromatic carbocycles. The van der Waals surface area contributed by atoms with Crippen LogP contribution in [0.15, 0.2) is 72.9 Å². The Morgan fingerprint density at radius 2 is 1.83 bits per heavy atom. The lowest BCUT2D eigenvalue weighted by molar-refractivity contribution is -0.131. The van der Waals surface area contributed by atoms with E-state index in [1.807, 2.05) is 24.4 Å². The first-order valence-electron chi connectivity index (χ1n) is 11.9. The Balaban J connectivity index is 1.74. The molecule has 1 aliphatic carbocycles. The molecule has 35 heavy (non-hydrogen) atoms. The number of H-pyrrole nitrogens is 1. The number of carbonyl (C=O) groups is 1. The standard InChI is InChI=1S/C30H28N2O3/c1-19-16-25(35-2)12-13-26(19)30(21-4-3-5-21)29(23-11-14-27-24(17-23)18-31-32-27)22-9-6-20(7-10-22)8-15-28(33)34/h6-18,21H,3-5H2,1-2H3,(H,31,32)(H,33,34). The van der Waals surface area contributed by atoms with Crippen LogP contribution in [0.3, 0.4) is 0 Å². The third-order valence-corrected chi connectivity index (χ3v) is 6.85. The van der Waals surface area contributed by atoms with Gasteiger partial charge in [0.05, 0.1) is 18.8 Å². The third kappa shape index (κ3) is 4.62. The van der Waals surface area contributed by atoms with Crippen molar-refractivity contribution in [3.05, 3.63) is 101 Å². The molecule has 2 N–H and O–H groups in total. The SMILES string of the molecule is COc1ccc(C(=C(c2ccc(C=CC(=O)O)cc2)c2ccc3[nH]ncc3c2)C2CCC2)c(C)c1. The summed E-state index contributed by atoms with van der Waals surface area (Å²) in [7, 11) is 1.70. The molecule has 0 bridgehead atoms. The van der Waals surface area contributed by atoms with Gasteiger partial charge in [-0.1, -0.05) is 42.8 Å². The molecule has 1 aliphatic rings. The number of nitrogens with one attached hydrogen (secondary N) is 1. The summed E-state index contributed by atoms with van der Waals surface area (Å²) in [6.45, 7) is 2.15. The summed E-state index contributed by atoms with van der Waals surface area (Å²) in [4.78, 5) is 10.9. The number of hydrogen-bond donors (Lipinski definition) is 2. The zero-order chi connectivity index (χ0) is 24.4. The molecule has 1 heterocycles. The van der Waals surface area contributed by atoms with Crippen LogP contribution in [0.4, 0.5) is 0 Å². The molecule has 5 rings (SSSR count). The highest BCUT2D eigenvalue weighted by atomic mass is 16.5. The Kier molecular flexibility index (Phi) is 6.23. The van der Waals surface area contributed by atoms with Gasteiger partial charge >= 0.3 is 5.97 Å². The smallest absolute Gasteiger partial charge is 0.328 e. The number of ether oxygens (including phenoxy) is 1. The van der Waals surface area contributed by atoms with Gasteiger partial charge in [0.1, 0.15) is 5.75 Å². The van der Waals surface area contributed by atoms with Gasteiger partial charge in [0.15, 0.2) is 0 Å². The van der Waals surface area contributed by atoms with Crippen LogP contribution < -0.4 is 4.74 Å². The number of carboxylic acids is 1. The van der Waals surface area contributed by atoms with E-state index in [0.29, 0.717) is 5.92 Å². The Hall–Kier alpha value is -4.12. The summed E-state index contributed by atoms with van der Waals surface area (Å²) in [6, 6.07) is 20.9. The Bertz CT molecular complexity index is 1440. The van der Waals surface area contributed by atoms with Crippen molar-refractivity contribution in [1.82, 2.24) is 10.2 Å². The van der Waals surface area contributed by atoms with Crippen molar-refractivity contribution >= 4 is 34.1 Å². The summed E-state index contributed by atoms with van der Waals surface area (Å²) in [6.07, 6.45) is 8.20. The fraction of sp³-hybridized carbons (Fsp3) is 0.200. The number of allylic oxidation sites excluding steroid dienone is 1. The zero-order valence-corrected chi connectivity index (χ0v) is 19.9. The van der Waals surface area contributed by atoms with Crippen molar-refractivity contribution in [2.45, 2.75) is 26.2 Å². The second kappa shape index (κ2) is 9.63. The molecule has 0 unspecified atom stereocenters. The zero-order valence-electron chi connectivity index (χ0n) is 19.9. The van der Waals surface area contributed by atoms with Crippen molar-refractivity contribution in [3.63, 3.8) is 0 Å². The fourth-order valence-electron chi connectivity index (χ4n) is 4.83. The molecule has 1 saturated carbocycles. The van der Waals surface area contributed by atoms with Gasteiger partial charge in [-0.25, -0.2) is 4.79 Å². The lowest BCUT2D eigenvalue weighted by atomic mass is 9.72. The summed E-state index contributed by atoms with van der Waals surface area (Å²) < 4.78 is 5.48. The van der Waals surface area contributed by atoms with Gasteiger partial charge in [0, 0.05) is 11.5 Å². The number of methoxy groups -OCH3 is 1. The van der Waals surface area contributed by atoms with E-state index < -0.39 is 5.97 Å². The van der Waals surface area contributed by atoms with Crippen LogP contribution in [0.5, 0.6) is 5.75 Å². The lowest BCUT2D eigenvalue weighted by Crippen LogP contribution is -2.16. The molecule has 5 heteroatoms. The van der Waals surface area contributed by atoms with Crippen LogP contribution in [0.1, 0.15) is 47.1 Å². The first kappa shape index (κ1) is 22.7. The van der Waals surface area contributed by atoms with Crippen molar-refractivity contribution in [1.29, 1.82) is 0 Å². The normalized spacial score (nSPS) is 14.7. The predicted molar refractivity (Wildman–Crippen MR) is 140 cm³/mol. The molecule has 5 nitrogen and oxygen atoms in total. The second-order valence-corrected chi connectivity index (χ2v) is 9.06. The molecule has 0 aliphatic heterocycles. The van der Waals surface area contributed by atoms with Crippen molar-refractivity contribution in [3.8, 4) is 5.75 Å².